The van der Waals surface area contributed by atoms with Crippen molar-refractivity contribution >= 4 is 28.2 Å². The summed E-state index contributed by atoms with van der Waals surface area (Å²) in [5, 5.41) is 13.2. The van der Waals surface area contributed by atoms with Crippen molar-refractivity contribution in [3.63, 3.8) is 0 Å². The summed E-state index contributed by atoms with van der Waals surface area (Å²) in [7, 11) is 0. The van der Waals surface area contributed by atoms with Gasteiger partial charge in [-0.3, -0.25) is 9.59 Å². The average Bonchev–Trinajstić information content (AvgIpc) is 3.03. The molecule has 3 aromatic carbocycles. The van der Waals surface area contributed by atoms with E-state index in [9.17, 15) is 14.7 Å². The van der Waals surface area contributed by atoms with Gasteiger partial charge in [0, 0.05) is 12.1 Å². The van der Waals surface area contributed by atoms with E-state index in [2.05, 4.69) is 0 Å². The van der Waals surface area contributed by atoms with Crippen molar-refractivity contribution in [3.05, 3.63) is 83.4 Å². The summed E-state index contributed by atoms with van der Waals surface area (Å²) in [6.45, 7) is 6.25. The fourth-order valence-electron chi connectivity index (χ4n) is 4.22. The van der Waals surface area contributed by atoms with E-state index in [1.165, 1.54) is 0 Å². The number of benzene rings is 3. The SMILES string of the molecule is CCCN1C(=O)C(=O)/C(=C(\O)c2ccc3ccccc3c2)C1c1cccc(OC(C)C)c1. The lowest BCUT2D eigenvalue weighted by atomic mass is 9.94. The predicted molar refractivity (Wildman–Crippen MR) is 125 cm³/mol. The molecule has 1 heterocycles. The van der Waals surface area contributed by atoms with Crippen LogP contribution >= 0.6 is 0 Å². The molecule has 3 aromatic rings. The van der Waals surface area contributed by atoms with Crippen molar-refractivity contribution in [2.24, 2.45) is 0 Å². The summed E-state index contributed by atoms with van der Waals surface area (Å²) >= 11 is 0. The number of carbonyl (C=O) groups excluding carboxylic acids is 2. The fraction of sp³-hybridized carbons (Fsp3) is 0.259. The number of hydrogen-bond acceptors (Lipinski definition) is 4. The fourth-order valence-corrected chi connectivity index (χ4v) is 4.22. The van der Waals surface area contributed by atoms with Gasteiger partial charge in [-0.25, -0.2) is 0 Å². The maximum absolute atomic E-state index is 13.1. The third-order valence-corrected chi connectivity index (χ3v) is 5.57. The number of Topliss-reactive ketones (excluding diaryl/α,β-unsaturated/α-hetero) is 1. The lowest BCUT2D eigenvalue weighted by Crippen LogP contribution is -2.30. The van der Waals surface area contributed by atoms with Crippen molar-refractivity contribution in [3.8, 4) is 5.75 Å². The van der Waals surface area contributed by atoms with Crippen LogP contribution < -0.4 is 4.74 Å². The van der Waals surface area contributed by atoms with Gasteiger partial charge in [0.2, 0.25) is 0 Å². The zero-order chi connectivity index (χ0) is 22.8. The highest BCUT2D eigenvalue weighted by Gasteiger charge is 2.45. The number of hydrogen-bond donors (Lipinski definition) is 1. The molecule has 1 saturated heterocycles. The summed E-state index contributed by atoms with van der Waals surface area (Å²) < 4.78 is 5.82. The molecule has 0 radical (unpaired) electrons. The third-order valence-electron chi connectivity index (χ3n) is 5.57. The topological polar surface area (TPSA) is 66.8 Å². The van der Waals surface area contributed by atoms with Crippen molar-refractivity contribution in [1.29, 1.82) is 0 Å². The standard InChI is InChI=1S/C27H27NO4/c1-4-14-28-24(20-10-7-11-22(16-20)32-17(2)3)23(26(30)27(28)31)25(29)21-13-12-18-8-5-6-9-19(18)15-21/h5-13,15-17,24,29H,4,14H2,1-3H3/b25-23-. The summed E-state index contributed by atoms with van der Waals surface area (Å²) in [4.78, 5) is 27.5. The minimum atomic E-state index is -0.669. The molecule has 1 aliphatic rings. The normalized spacial score (nSPS) is 18.0. The molecule has 1 amide bonds. The number of fused-ring (bicyclic) bond motifs is 1. The zero-order valence-electron chi connectivity index (χ0n) is 18.5. The largest absolute Gasteiger partial charge is 0.507 e. The minimum absolute atomic E-state index is 0.00940. The maximum Gasteiger partial charge on any atom is 0.295 e. The Morgan fingerprint density at radius 3 is 2.47 bits per heavy atom. The monoisotopic (exact) mass is 429 g/mol. The number of nitrogens with zero attached hydrogens (tertiary/aromatic N) is 1. The van der Waals surface area contributed by atoms with Gasteiger partial charge in [-0.2, -0.15) is 0 Å². The van der Waals surface area contributed by atoms with Crippen molar-refractivity contribution in [1.82, 2.24) is 4.90 Å². The van der Waals surface area contributed by atoms with Crippen LogP contribution in [-0.4, -0.2) is 34.3 Å². The first-order chi connectivity index (χ1) is 15.4. The van der Waals surface area contributed by atoms with E-state index >= 15 is 0 Å². The number of aliphatic hydroxyl groups excluding tert-OH is 1. The van der Waals surface area contributed by atoms with Gasteiger partial charge in [-0.05, 0) is 54.8 Å². The molecular formula is C27H27NO4. The number of ether oxygens (including phenoxy) is 1. The highest BCUT2D eigenvalue weighted by atomic mass is 16.5. The van der Waals surface area contributed by atoms with Crippen LogP contribution in [0.15, 0.2) is 72.3 Å². The number of carbonyl (C=O) groups is 2. The Morgan fingerprint density at radius 1 is 1.00 bits per heavy atom. The molecule has 164 valence electrons. The smallest absolute Gasteiger partial charge is 0.295 e. The maximum atomic E-state index is 13.1. The molecule has 0 spiro atoms. The van der Waals surface area contributed by atoms with Crippen LogP contribution in [-0.2, 0) is 9.59 Å². The van der Waals surface area contributed by atoms with Gasteiger partial charge in [0.15, 0.2) is 0 Å². The predicted octanol–water partition coefficient (Wildman–Crippen LogP) is 5.46. The molecule has 0 aliphatic carbocycles. The quantitative estimate of drug-likeness (QED) is 0.321. The molecule has 5 heteroatoms. The molecule has 1 unspecified atom stereocenters. The second-order valence-electron chi connectivity index (χ2n) is 8.29. The highest BCUT2D eigenvalue weighted by molar-refractivity contribution is 6.46. The van der Waals surface area contributed by atoms with E-state index in [-0.39, 0.29) is 17.4 Å². The Balaban J connectivity index is 1.87. The summed E-state index contributed by atoms with van der Waals surface area (Å²) in [6, 6.07) is 20.0. The molecule has 32 heavy (non-hydrogen) atoms. The molecule has 0 saturated carbocycles. The molecule has 1 N–H and O–H groups in total. The van der Waals surface area contributed by atoms with Crippen molar-refractivity contribution in [2.75, 3.05) is 6.54 Å². The number of amides is 1. The van der Waals surface area contributed by atoms with Gasteiger partial charge in [-0.15, -0.1) is 0 Å². The van der Waals surface area contributed by atoms with Crippen LogP contribution in [0.2, 0.25) is 0 Å². The Labute approximate surface area is 187 Å². The molecule has 1 aliphatic heterocycles. The van der Waals surface area contributed by atoms with E-state index < -0.39 is 17.7 Å². The molecule has 0 bridgehead atoms. The highest BCUT2D eigenvalue weighted by Crippen LogP contribution is 2.40. The van der Waals surface area contributed by atoms with E-state index in [0.717, 1.165) is 16.3 Å². The second kappa shape index (κ2) is 8.87. The number of aliphatic hydroxyl groups is 1. The van der Waals surface area contributed by atoms with Crippen LogP contribution in [0.1, 0.15) is 44.4 Å². The Bertz CT molecular complexity index is 1210. The van der Waals surface area contributed by atoms with E-state index in [4.69, 9.17) is 4.74 Å². The summed E-state index contributed by atoms with van der Waals surface area (Å²) in [5.41, 5.74) is 1.36. The molecular weight excluding hydrogens is 402 g/mol. The van der Waals surface area contributed by atoms with Gasteiger partial charge in [0.1, 0.15) is 11.5 Å². The number of likely N-dealkylation sites (tertiary alicyclic amines) is 1. The first kappa shape index (κ1) is 21.6. The van der Waals surface area contributed by atoms with E-state index in [1.54, 1.807) is 11.0 Å². The van der Waals surface area contributed by atoms with Crippen LogP contribution in [0.3, 0.4) is 0 Å². The molecule has 1 atom stereocenters. The third kappa shape index (κ3) is 3.98. The van der Waals surface area contributed by atoms with Crippen molar-refractivity contribution in [2.45, 2.75) is 39.3 Å². The van der Waals surface area contributed by atoms with Crippen molar-refractivity contribution < 1.29 is 19.4 Å². The molecule has 4 rings (SSSR count). The number of ketones is 1. The van der Waals surface area contributed by atoms with Crippen LogP contribution in [0.5, 0.6) is 5.75 Å². The van der Waals surface area contributed by atoms with Crippen LogP contribution in [0, 0.1) is 0 Å². The molecule has 5 nitrogen and oxygen atoms in total. The molecule has 1 fully saturated rings. The average molecular weight is 430 g/mol. The number of rotatable bonds is 6. The first-order valence-electron chi connectivity index (χ1n) is 10.9. The zero-order valence-corrected chi connectivity index (χ0v) is 18.5. The summed E-state index contributed by atoms with van der Waals surface area (Å²) in [5.74, 6) is -0.753. The molecule has 0 aromatic heterocycles. The minimum Gasteiger partial charge on any atom is -0.507 e. The first-order valence-corrected chi connectivity index (χ1v) is 10.9. The Morgan fingerprint density at radius 2 is 1.75 bits per heavy atom. The van der Waals surface area contributed by atoms with Gasteiger partial charge in [-0.1, -0.05) is 55.5 Å². The lowest BCUT2D eigenvalue weighted by Gasteiger charge is -2.25. The second-order valence-corrected chi connectivity index (χ2v) is 8.29. The van der Waals surface area contributed by atoms with Gasteiger partial charge in [0.05, 0.1) is 17.7 Å². The Hall–Kier alpha value is -3.60. The van der Waals surface area contributed by atoms with Crippen LogP contribution in [0.4, 0.5) is 0 Å². The summed E-state index contributed by atoms with van der Waals surface area (Å²) in [6.07, 6.45) is 0.687. The van der Waals surface area contributed by atoms with Gasteiger partial charge >= 0.3 is 0 Å². The Kier molecular flexibility index (Phi) is 5.99. The van der Waals surface area contributed by atoms with Gasteiger partial charge < -0.3 is 14.7 Å². The van der Waals surface area contributed by atoms with E-state index in [0.29, 0.717) is 24.3 Å². The lowest BCUT2D eigenvalue weighted by molar-refractivity contribution is -0.139. The van der Waals surface area contributed by atoms with Crippen LogP contribution in [0.25, 0.3) is 16.5 Å². The van der Waals surface area contributed by atoms with Gasteiger partial charge in [0.25, 0.3) is 11.7 Å². The van der Waals surface area contributed by atoms with E-state index in [1.807, 2.05) is 81.4 Å².